The van der Waals surface area contributed by atoms with E-state index in [4.69, 9.17) is 5.26 Å². The largest absolute Gasteiger partial charge is 0.376 e. The van der Waals surface area contributed by atoms with E-state index in [1.165, 1.54) is 6.92 Å². The van der Waals surface area contributed by atoms with Crippen LogP contribution in [-0.4, -0.2) is 29.8 Å². The average Bonchev–Trinajstić information content (AvgIpc) is 2.99. The van der Waals surface area contributed by atoms with Gasteiger partial charge in [-0.05, 0) is 37.1 Å². The third kappa shape index (κ3) is 4.35. The smallest absolute Gasteiger partial charge is 0.267 e. The van der Waals surface area contributed by atoms with E-state index in [2.05, 4.69) is 10.6 Å². The number of benzene rings is 1. The van der Waals surface area contributed by atoms with Crippen LogP contribution in [0.4, 0.5) is 11.4 Å². The molecule has 0 aromatic heterocycles. The van der Waals surface area contributed by atoms with Crippen molar-refractivity contribution in [3.05, 3.63) is 36.0 Å². The Labute approximate surface area is 129 Å². The van der Waals surface area contributed by atoms with Gasteiger partial charge < -0.3 is 15.5 Å². The molecule has 1 aliphatic heterocycles. The molecule has 0 spiro atoms. The Kier molecular flexibility index (Phi) is 5.15. The number of carbonyl (C=O) groups excluding carboxylic acids is 2. The highest BCUT2D eigenvalue weighted by Crippen LogP contribution is 2.15. The highest BCUT2D eigenvalue weighted by atomic mass is 16.2. The summed E-state index contributed by atoms with van der Waals surface area (Å²) in [5, 5.41) is 14.4. The average molecular weight is 298 g/mol. The Hall–Kier alpha value is -2.81. The summed E-state index contributed by atoms with van der Waals surface area (Å²) >= 11 is 0. The first-order valence-corrected chi connectivity index (χ1v) is 7.13. The Bertz CT molecular complexity index is 623. The van der Waals surface area contributed by atoms with Crippen molar-refractivity contribution < 1.29 is 9.59 Å². The number of likely N-dealkylation sites (tertiary alicyclic amines) is 1. The van der Waals surface area contributed by atoms with Gasteiger partial charge in [0.2, 0.25) is 5.91 Å². The molecule has 6 nitrogen and oxygen atoms in total. The van der Waals surface area contributed by atoms with Crippen LogP contribution in [0.1, 0.15) is 19.8 Å². The van der Waals surface area contributed by atoms with E-state index in [9.17, 15) is 9.59 Å². The summed E-state index contributed by atoms with van der Waals surface area (Å²) in [4.78, 5) is 25.0. The summed E-state index contributed by atoms with van der Waals surface area (Å²) in [6.45, 7) is 3.19. The maximum atomic E-state index is 12.1. The molecule has 2 amide bonds. The molecule has 0 atom stereocenters. The van der Waals surface area contributed by atoms with Crippen molar-refractivity contribution in [1.29, 1.82) is 5.26 Å². The van der Waals surface area contributed by atoms with Crippen molar-refractivity contribution in [3.8, 4) is 6.07 Å². The first-order valence-electron chi connectivity index (χ1n) is 7.13. The van der Waals surface area contributed by atoms with Crippen LogP contribution in [0.25, 0.3) is 0 Å². The van der Waals surface area contributed by atoms with Gasteiger partial charge in [0.05, 0.1) is 0 Å². The number of nitriles is 1. The first-order chi connectivity index (χ1) is 10.6. The minimum Gasteiger partial charge on any atom is -0.376 e. The van der Waals surface area contributed by atoms with Gasteiger partial charge >= 0.3 is 0 Å². The van der Waals surface area contributed by atoms with Crippen LogP contribution in [0.2, 0.25) is 0 Å². The number of hydrogen-bond donors (Lipinski definition) is 2. The lowest BCUT2D eigenvalue weighted by Crippen LogP contribution is -2.18. The third-order valence-corrected chi connectivity index (χ3v) is 3.28. The van der Waals surface area contributed by atoms with Crippen LogP contribution in [0.5, 0.6) is 0 Å². The summed E-state index contributed by atoms with van der Waals surface area (Å²) in [6, 6.07) is 8.66. The predicted molar refractivity (Wildman–Crippen MR) is 83.9 cm³/mol. The second-order valence-corrected chi connectivity index (χ2v) is 5.11. The molecule has 22 heavy (non-hydrogen) atoms. The first kappa shape index (κ1) is 15.6. The van der Waals surface area contributed by atoms with Crippen molar-refractivity contribution in [2.24, 2.45) is 0 Å². The lowest BCUT2D eigenvalue weighted by atomic mass is 10.2. The fourth-order valence-corrected chi connectivity index (χ4v) is 2.23. The molecule has 1 fully saturated rings. The molecule has 1 aliphatic rings. The monoisotopic (exact) mass is 298 g/mol. The SMILES string of the molecule is CC(=O)Nc1ccc(NC(=O)/C(C#N)=C\N2CCCC2)cc1. The number of rotatable bonds is 4. The summed E-state index contributed by atoms with van der Waals surface area (Å²) in [7, 11) is 0. The van der Waals surface area contributed by atoms with Crippen LogP contribution >= 0.6 is 0 Å². The molecular weight excluding hydrogens is 280 g/mol. The van der Waals surface area contributed by atoms with E-state index in [-0.39, 0.29) is 11.5 Å². The van der Waals surface area contributed by atoms with Gasteiger partial charge in [0, 0.05) is 37.6 Å². The quantitative estimate of drug-likeness (QED) is 0.658. The van der Waals surface area contributed by atoms with Crippen molar-refractivity contribution in [3.63, 3.8) is 0 Å². The molecule has 2 rings (SSSR count). The van der Waals surface area contributed by atoms with Crippen LogP contribution in [0.3, 0.4) is 0 Å². The molecule has 1 saturated heterocycles. The van der Waals surface area contributed by atoms with E-state index in [0.717, 1.165) is 25.9 Å². The minimum absolute atomic E-state index is 0.0906. The van der Waals surface area contributed by atoms with E-state index < -0.39 is 5.91 Å². The van der Waals surface area contributed by atoms with Crippen LogP contribution in [-0.2, 0) is 9.59 Å². The molecule has 6 heteroatoms. The second kappa shape index (κ2) is 7.27. The number of anilines is 2. The van der Waals surface area contributed by atoms with E-state index in [1.807, 2.05) is 11.0 Å². The van der Waals surface area contributed by atoms with Gasteiger partial charge in [-0.1, -0.05) is 0 Å². The molecular formula is C16H18N4O2. The number of amides is 2. The van der Waals surface area contributed by atoms with Crippen LogP contribution in [0.15, 0.2) is 36.0 Å². The normalized spacial score (nSPS) is 14.4. The number of carbonyl (C=O) groups is 2. The molecule has 2 N–H and O–H groups in total. The minimum atomic E-state index is -0.429. The highest BCUT2D eigenvalue weighted by molar-refractivity contribution is 6.06. The topological polar surface area (TPSA) is 85.2 Å². The number of hydrogen-bond acceptors (Lipinski definition) is 4. The zero-order chi connectivity index (χ0) is 15.9. The zero-order valence-corrected chi connectivity index (χ0v) is 12.4. The van der Waals surface area contributed by atoms with Gasteiger partial charge in [-0.3, -0.25) is 9.59 Å². The van der Waals surface area contributed by atoms with Crippen molar-refractivity contribution in [2.45, 2.75) is 19.8 Å². The van der Waals surface area contributed by atoms with Gasteiger partial charge in [0.1, 0.15) is 11.6 Å². The van der Waals surface area contributed by atoms with E-state index in [1.54, 1.807) is 30.5 Å². The maximum absolute atomic E-state index is 12.1. The standard InChI is InChI=1S/C16H18N4O2/c1-12(21)18-14-4-6-15(7-5-14)19-16(22)13(10-17)11-20-8-2-3-9-20/h4-7,11H,2-3,8-9H2,1H3,(H,18,21)(H,19,22)/b13-11-. The fraction of sp³-hybridized carbons (Fsp3) is 0.312. The third-order valence-electron chi connectivity index (χ3n) is 3.28. The molecule has 0 saturated carbocycles. The molecule has 1 heterocycles. The lowest BCUT2D eigenvalue weighted by Gasteiger charge is -2.12. The van der Waals surface area contributed by atoms with Gasteiger partial charge in [-0.25, -0.2) is 0 Å². The van der Waals surface area contributed by atoms with Crippen molar-refractivity contribution in [2.75, 3.05) is 23.7 Å². The molecule has 0 bridgehead atoms. The van der Waals surface area contributed by atoms with Gasteiger partial charge in [0.25, 0.3) is 5.91 Å². The number of nitrogens with one attached hydrogen (secondary N) is 2. The highest BCUT2D eigenvalue weighted by Gasteiger charge is 2.14. The van der Waals surface area contributed by atoms with Crippen molar-refractivity contribution >= 4 is 23.2 Å². The van der Waals surface area contributed by atoms with E-state index >= 15 is 0 Å². The molecule has 0 radical (unpaired) electrons. The molecule has 0 unspecified atom stereocenters. The fourth-order valence-electron chi connectivity index (χ4n) is 2.23. The van der Waals surface area contributed by atoms with Gasteiger partial charge in [0.15, 0.2) is 0 Å². The van der Waals surface area contributed by atoms with Crippen LogP contribution in [0, 0.1) is 11.3 Å². The predicted octanol–water partition coefficient (Wildman–Crippen LogP) is 2.09. The molecule has 1 aromatic carbocycles. The molecule has 0 aliphatic carbocycles. The summed E-state index contributed by atoms with van der Waals surface area (Å²) in [6.07, 6.45) is 3.79. The Balaban J connectivity index is 2.00. The van der Waals surface area contributed by atoms with Crippen LogP contribution < -0.4 is 10.6 Å². The summed E-state index contributed by atoms with van der Waals surface area (Å²) in [5.41, 5.74) is 1.31. The zero-order valence-electron chi connectivity index (χ0n) is 12.4. The Morgan fingerprint density at radius 3 is 2.18 bits per heavy atom. The van der Waals surface area contributed by atoms with E-state index in [0.29, 0.717) is 11.4 Å². The second-order valence-electron chi connectivity index (χ2n) is 5.11. The van der Waals surface area contributed by atoms with Gasteiger partial charge in [-0.15, -0.1) is 0 Å². The summed E-state index contributed by atoms with van der Waals surface area (Å²) in [5.74, 6) is -0.584. The number of nitrogens with zero attached hydrogens (tertiary/aromatic N) is 2. The van der Waals surface area contributed by atoms with Gasteiger partial charge in [-0.2, -0.15) is 5.26 Å². The summed E-state index contributed by atoms with van der Waals surface area (Å²) < 4.78 is 0. The Morgan fingerprint density at radius 1 is 1.14 bits per heavy atom. The van der Waals surface area contributed by atoms with Crippen molar-refractivity contribution in [1.82, 2.24) is 4.90 Å². The lowest BCUT2D eigenvalue weighted by molar-refractivity contribution is -0.114. The maximum Gasteiger partial charge on any atom is 0.267 e. The molecule has 1 aromatic rings. The Morgan fingerprint density at radius 2 is 1.68 bits per heavy atom. The molecule has 114 valence electrons.